The fraction of sp³-hybridized carbons (Fsp3) is 0.158. The Hall–Kier alpha value is -3.44. The standard InChI is InChI=1S/C19H14FN3O3/c20-16-8-4-3-7-15(16)17-11-13(21-26-17)12-22-9-10-23(19(25)18(22)24)14-5-1-2-6-14/h1,3-4,6-11,14H,5,12H2. The van der Waals surface area contributed by atoms with Gasteiger partial charge in [0.2, 0.25) is 0 Å². The lowest BCUT2D eigenvalue weighted by Gasteiger charge is -2.12. The molecule has 2 heterocycles. The Kier molecular flexibility index (Phi) is 3.99. The average Bonchev–Trinajstić information content (AvgIpc) is 3.32. The van der Waals surface area contributed by atoms with Crippen LogP contribution < -0.4 is 11.1 Å². The molecule has 4 rings (SSSR count). The van der Waals surface area contributed by atoms with Crippen molar-refractivity contribution in [3.8, 4) is 11.3 Å². The molecule has 7 heteroatoms. The summed E-state index contributed by atoms with van der Waals surface area (Å²) in [5, 5.41) is 3.87. The van der Waals surface area contributed by atoms with Crippen LogP contribution in [-0.4, -0.2) is 14.3 Å². The first-order chi connectivity index (χ1) is 12.6. The molecule has 0 amide bonds. The van der Waals surface area contributed by atoms with Crippen molar-refractivity contribution in [1.82, 2.24) is 14.3 Å². The van der Waals surface area contributed by atoms with Gasteiger partial charge in [0.25, 0.3) is 0 Å². The molecule has 1 aliphatic carbocycles. The minimum absolute atomic E-state index is 0.0611. The summed E-state index contributed by atoms with van der Waals surface area (Å²) in [5.41, 5.74) is 2.37. The predicted octanol–water partition coefficient (Wildman–Crippen LogP) is 2.51. The van der Waals surface area contributed by atoms with Crippen molar-refractivity contribution in [2.45, 2.75) is 19.0 Å². The van der Waals surface area contributed by atoms with Crippen LogP contribution in [0.4, 0.5) is 4.39 Å². The van der Waals surface area contributed by atoms with Gasteiger partial charge in [-0.05, 0) is 30.7 Å². The second-order valence-corrected chi connectivity index (χ2v) is 5.95. The molecule has 0 radical (unpaired) electrons. The van der Waals surface area contributed by atoms with Gasteiger partial charge >= 0.3 is 11.1 Å². The second kappa shape index (κ2) is 6.46. The molecule has 0 bridgehead atoms. The molecule has 1 atom stereocenters. The number of aromatic nitrogens is 3. The summed E-state index contributed by atoms with van der Waals surface area (Å²) in [6.45, 7) is 0.0611. The second-order valence-electron chi connectivity index (χ2n) is 5.95. The van der Waals surface area contributed by atoms with Gasteiger partial charge in [0.15, 0.2) is 5.76 Å². The van der Waals surface area contributed by atoms with Gasteiger partial charge in [-0.1, -0.05) is 17.3 Å². The largest absolute Gasteiger partial charge is 0.356 e. The van der Waals surface area contributed by atoms with Crippen molar-refractivity contribution in [3.63, 3.8) is 0 Å². The first kappa shape index (κ1) is 16.1. The van der Waals surface area contributed by atoms with Gasteiger partial charge in [-0.15, -0.1) is 5.73 Å². The van der Waals surface area contributed by atoms with Crippen LogP contribution in [0, 0.1) is 5.82 Å². The Labute approximate surface area is 147 Å². The van der Waals surface area contributed by atoms with Gasteiger partial charge in [-0.3, -0.25) is 9.59 Å². The number of hydrogen-bond acceptors (Lipinski definition) is 4. The van der Waals surface area contributed by atoms with Gasteiger partial charge in [0.05, 0.1) is 18.2 Å². The summed E-state index contributed by atoms with van der Waals surface area (Å²) in [6, 6.07) is 7.56. The zero-order valence-corrected chi connectivity index (χ0v) is 13.6. The molecular formula is C19H14FN3O3. The summed E-state index contributed by atoms with van der Waals surface area (Å²) >= 11 is 0. The first-order valence-corrected chi connectivity index (χ1v) is 8.06. The van der Waals surface area contributed by atoms with Crippen molar-refractivity contribution < 1.29 is 8.91 Å². The number of nitrogens with zero attached hydrogens (tertiary/aromatic N) is 3. The molecule has 26 heavy (non-hydrogen) atoms. The van der Waals surface area contributed by atoms with Crippen LogP contribution in [0.25, 0.3) is 11.3 Å². The maximum Gasteiger partial charge on any atom is 0.317 e. The van der Waals surface area contributed by atoms with Crippen molar-refractivity contribution >= 4 is 0 Å². The average molecular weight is 351 g/mol. The molecule has 2 aromatic heterocycles. The molecule has 1 unspecified atom stereocenters. The van der Waals surface area contributed by atoms with E-state index in [1.165, 1.54) is 21.4 Å². The Morgan fingerprint density at radius 1 is 1.23 bits per heavy atom. The van der Waals surface area contributed by atoms with E-state index in [-0.39, 0.29) is 23.9 Å². The van der Waals surface area contributed by atoms with E-state index in [1.807, 2.05) is 6.08 Å². The highest BCUT2D eigenvalue weighted by molar-refractivity contribution is 5.57. The van der Waals surface area contributed by atoms with Crippen LogP contribution in [0.15, 0.2) is 74.7 Å². The molecule has 0 saturated carbocycles. The van der Waals surface area contributed by atoms with Gasteiger partial charge in [-0.2, -0.15) is 0 Å². The highest BCUT2D eigenvalue weighted by Crippen LogP contribution is 2.23. The van der Waals surface area contributed by atoms with Crippen LogP contribution >= 0.6 is 0 Å². The summed E-state index contributed by atoms with van der Waals surface area (Å²) in [7, 11) is 0. The smallest absolute Gasteiger partial charge is 0.317 e. The van der Waals surface area contributed by atoms with Crippen molar-refractivity contribution in [1.29, 1.82) is 0 Å². The highest BCUT2D eigenvalue weighted by Gasteiger charge is 2.15. The number of allylic oxidation sites excluding steroid dienone is 1. The maximum atomic E-state index is 13.8. The normalized spacial score (nSPS) is 15.7. The van der Waals surface area contributed by atoms with E-state index >= 15 is 0 Å². The molecular weight excluding hydrogens is 337 g/mol. The summed E-state index contributed by atoms with van der Waals surface area (Å²) < 4.78 is 21.6. The lowest BCUT2D eigenvalue weighted by atomic mass is 10.1. The topological polar surface area (TPSA) is 70.0 Å². The molecule has 6 nitrogen and oxygen atoms in total. The van der Waals surface area contributed by atoms with Gasteiger partial charge in [0.1, 0.15) is 11.5 Å². The molecule has 0 N–H and O–H groups in total. The first-order valence-electron chi connectivity index (χ1n) is 8.06. The van der Waals surface area contributed by atoms with Gasteiger partial charge in [0, 0.05) is 18.5 Å². The molecule has 130 valence electrons. The van der Waals surface area contributed by atoms with Crippen LogP contribution in [0.1, 0.15) is 18.2 Å². The fourth-order valence-corrected chi connectivity index (χ4v) is 2.89. The summed E-state index contributed by atoms with van der Waals surface area (Å²) in [6.07, 6.45) is 7.32. The Morgan fingerprint density at radius 2 is 2.08 bits per heavy atom. The zero-order valence-electron chi connectivity index (χ0n) is 13.6. The Balaban J connectivity index is 1.62. The van der Waals surface area contributed by atoms with E-state index in [1.54, 1.807) is 36.5 Å². The lowest BCUT2D eigenvalue weighted by Crippen LogP contribution is -2.41. The van der Waals surface area contributed by atoms with Gasteiger partial charge < -0.3 is 13.7 Å². The molecule has 0 spiro atoms. The minimum atomic E-state index is -0.650. The monoisotopic (exact) mass is 351 g/mol. The van der Waals surface area contributed by atoms with Crippen LogP contribution in [0.5, 0.6) is 0 Å². The van der Waals surface area contributed by atoms with E-state index in [0.717, 1.165) is 0 Å². The third-order valence-corrected chi connectivity index (χ3v) is 4.24. The van der Waals surface area contributed by atoms with E-state index in [2.05, 4.69) is 10.9 Å². The van der Waals surface area contributed by atoms with Crippen molar-refractivity contribution in [3.05, 3.63) is 92.8 Å². The number of hydrogen-bond donors (Lipinski definition) is 0. The predicted molar refractivity (Wildman–Crippen MR) is 92.3 cm³/mol. The Morgan fingerprint density at radius 3 is 2.85 bits per heavy atom. The van der Waals surface area contributed by atoms with E-state index in [0.29, 0.717) is 12.1 Å². The summed E-state index contributed by atoms with van der Waals surface area (Å²) in [4.78, 5) is 24.7. The van der Waals surface area contributed by atoms with E-state index in [9.17, 15) is 14.0 Å². The van der Waals surface area contributed by atoms with Crippen LogP contribution in [-0.2, 0) is 6.54 Å². The Bertz CT molecular complexity index is 1150. The van der Waals surface area contributed by atoms with Gasteiger partial charge in [-0.25, -0.2) is 4.39 Å². The highest BCUT2D eigenvalue weighted by atomic mass is 19.1. The van der Waals surface area contributed by atoms with E-state index < -0.39 is 16.9 Å². The number of rotatable bonds is 4. The third-order valence-electron chi connectivity index (χ3n) is 4.24. The van der Waals surface area contributed by atoms with Crippen molar-refractivity contribution in [2.75, 3.05) is 0 Å². The molecule has 0 aliphatic heterocycles. The van der Waals surface area contributed by atoms with Crippen LogP contribution in [0.2, 0.25) is 0 Å². The molecule has 1 aromatic carbocycles. The molecule has 3 aromatic rings. The zero-order chi connectivity index (χ0) is 18.1. The minimum Gasteiger partial charge on any atom is -0.356 e. The number of benzene rings is 1. The van der Waals surface area contributed by atoms with Crippen LogP contribution in [0.3, 0.4) is 0 Å². The number of halogens is 1. The molecule has 0 saturated heterocycles. The molecule has 1 aliphatic rings. The molecule has 0 fully saturated rings. The lowest BCUT2D eigenvalue weighted by molar-refractivity contribution is 0.418. The summed E-state index contributed by atoms with van der Waals surface area (Å²) in [5.74, 6) is -0.158. The van der Waals surface area contributed by atoms with E-state index in [4.69, 9.17) is 4.52 Å². The fourth-order valence-electron chi connectivity index (χ4n) is 2.89. The third kappa shape index (κ3) is 2.85. The SMILES string of the molecule is O=c1c(=O)n(C2C=C=CC2)ccn1Cc1cc(-c2ccccc2F)on1. The maximum absolute atomic E-state index is 13.8. The quantitative estimate of drug-likeness (QED) is 0.535. The van der Waals surface area contributed by atoms with Crippen molar-refractivity contribution in [2.24, 2.45) is 0 Å².